The van der Waals surface area contributed by atoms with E-state index < -0.39 is 5.54 Å². The van der Waals surface area contributed by atoms with Gasteiger partial charge >= 0.3 is 5.97 Å². The summed E-state index contributed by atoms with van der Waals surface area (Å²) < 4.78 is 4.97. The van der Waals surface area contributed by atoms with Crippen LogP contribution >= 0.6 is 0 Å². The van der Waals surface area contributed by atoms with E-state index in [1.54, 1.807) is 11.8 Å². The Morgan fingerprint density at radius 2 is 1.86 bits per heavy atom. The van der Waals surface area contributed by atoms with Gasteiger partial charge in [-0.25, -0.2) is 0 Å². The molecule has 0 aromatic rings. The lowest BCUT2D eigenvalue weighted by molar-refractivity contribution is -0.155. The van der Waals surface area contributed by atoms with Crippen LogP contribution in [0.1, 0.15) is 34.6 Å². The lowest BCUT2D eigenvalue weighted by Gasteiger charge is -2.43. The molecule has 0 radical (unpaired) electrons. The standard InChI is InChI=1S/C15H29N3O3/c1-6-21-13(19)11-18(12(2)3)14(20)15(4,5)17-9-7-16-8-10-17/h12,16H,6-11H2,1-5H3. The Balaban J connectivity index is 2.80. The fourth-order valence-electron chi connectivity index (χ4n) is 2.55. The van der Waals surface area contributed by atoms with Gasteiger partial charge in [-0.3, -0.25) is 14.5 Å². The van der Waals surface area contributed by atoms with Crippen molar-refractivity contribution < 1.29 is 14.3 Å². The van der Waals surface area contributed by atoms with Crippen molar-refractivity contribution in [2.75, 3.05) is 39.3 Å². The predicted octanol–water partition coefficient (Wildman–Crippen LogP) is 0.470. The van der Waals surface area contributed by atoms with E-state index in [1.165, 1.54) is 0 Å². The van der Waals surface area contributed by atoms with E-state index in [4.69, 9.17) is 4.74 Å². The summed E-state index contributed by atoms with van der Waals surface area (Å²) in [7, 11) is 0. The molecular weight excluding hydrogens is 270 g/mol. The number of hydrogen-bond donors (Lipinski definition) is 1. The number of amides is 1. The fraction of sp³-hybridized carbons (Fsp3) is 0.867. The summed E-state index contributed by atoms with van der Waals surface area (Å²) in [4.78, 5) is 28.4. The van der Waals surface area contributed by atoms with Crippen molar-refractivity contribution in [2.24, 2.45) is 0 Å². The van der Waals surface area contributed by atoms with Gasteiger partial charge in [-0.2, -0.15) is 0 Å². The van der Waals surface area contributed by atoms with Gasteiger partial charge in [-0.05, 0) is 34.6 Å². The van der Waals surface area contributed by atoms with Crippen LogP contribution in [0.15, 0.2) is 0 Å². The Bertz CT molecular complexity index is 363. The molecule has 1 rings (SSSR count). The zero-order valence-corrected chi connectivity index (χ0v) is 13.9. The Morgan fingerprint density at radius 3 is 2.33 bits per heavy atom. The van der Waals surface area contributed by atoms with Crippen molar-refractivity contribution in [3.8, 4) is 0 Å². The van der Waals surface area contributed by atoms with Gasteiger partial charge in [0, 0.05) is 32.2 Å². The number of ether oxygens (including phenoxy) is 1. The summed E-state index contributed by atoms with van der Waals surface area (Å²) in [6, 6.07) is -0.0379. The van der Waals surface area contributed by atoms with Gasteiger partial charge < -0.3 is 15.0 Å². The smallest absolute Gasteiger partial charge is 0.325 e. The average molecular weight is 299 g/mol. The van der Waals surface area contributed by atoms with Gasteiger partial charge in [0.05, 0.1) is 12.1 Å². The molecule has 0 saturated carbocycles. The first-order valence-corrected chi connectivity index (χ1v) is 7.73. The molecule has 1 saturated heterocycles. The molecule has 0 aliphatic carbocycles. The topological polar surface area (TPSA) is 61.9 Å². The lowest BCUT2D eigenvalue weighted by atomic mass is 9.98. The van der Waals surface area contributed by atoms with Crippen LogP contribution in [0.2, 0.25) is 0 Å². The summed E-state index contributed by atoms with van der Waals surface area (Å²) in [5.41, 5.74) is -0.612. The SMILES string of the molecule is CCOC(=O)CN(C(=O)C(C)(C)N1CCNCC1)C(C)C. The van der Waals surface area contributed by atoms with Gasteiger partial charge in [-0.1, -0.05) is 0 Å². The highest BCUT2D eigenvalue weighted by Gasteiger charge is 2.39. The molecule has 122 valence electrons. The van der Waals surface area contributed by atoms with Gasteiger partial charge in [0.1, 0.15) is 6.54 Å². The Hall–Kier alpha value is -1.14. The minimum absolute atomic E-state index is 0.0137. The molecule has 0 aromatic carbocycles. The number of carbonyl (C=O) groups excluding carboxylic acids is 2. The van der Waals surface area contributed by atoms with Crippen molar-refractivity contribution in [3.63, 3.8) is 0 Å². The first kappa shape index (κ1) is 17.9. The van der Waals surface area contributed by atoms with Crippen LogP contribution in [-0.4, -0.2) is 72.6 Å². The first-order valence-electron chi connectivity index (χ1n) is 7.73. The molecule has 0 unspecified atom stereocenters. The Kier molecular flexibility index (Phi) is 6.61. The van der Waals surface area contributed by atoms with Crippen molar-refractivity contribution >= 4 is 11.9 Å². The third kappa shape index (κ3) is 4.68. The summed E-state index contributed by atoms with van der Waals surface area (Å²) in [6.07, 6.45) is 0. The van der Waals surface area contributed by atoms with E-state index in [0.29, 0.717) is 6.61 Å². The first-order chi connectivity index (χ1) is 9.80. The van der Waals surface area contributed by atoms with Crippen molar-refractivity contribution in [2.45, 2.75) is 46.2 Å². The van der Waals surface area contributed by atoms with Gasteiger partial charge in [-0.15, -0.1) is 0 Å². The lowest BCUT2D eigenvalue weighted by Crippen LogP contribution is -2.62. The van der Waals surface area contributed by atoms with Gasteiger partial charge in [0.15, 0.2) is 0 Å². The highest BCUT2D eigenvalue weighted by atomic mass is 16.5. The van der Waals surface area contributed by atoms with Crippen LogP contribution in [0.4, 0.5) is 0 Å². The van der Waals surface area contributed by atoms with Crippen LogP contribution in [0.25, 0.3) is 0 Å². The average Bonchev–Trinajstić information content (AvgIpc) is 2.45. The predicted molar refractivity (Wildman–Crippen MR) is 82.0 cm³/mol. The van der Waals surface area contributed by atoms with Crippen LogP contribution in [0.3, 0.4) is 0 Å². The highest BCUT2D eigenvalue weighted by molar-refractivity contribution is 5.88. The quantitative estimate of drug-likeness (QED) is 0.723. The van der Waals surface area contributed by atoms with E-state index in [-0.39, 0.29) is 24.5 Å². The minimum atomic E-state index is -0.612. The fourth-order valence-corrected chi connectivity index (χ4v) is 2.55. The molecule has 1 heterocycles. The maximum Gasteiger partial charge on any atom is 0.325 e. The number of rotatable bonds is 6. The molecule has 0 spiro atoms. The maximum atomic E-state index is 12.9. The van der Waals surface area contributed by atoms with Crippen LogP contribution < -0.4 is 5.32 Å². The highest BCUT2D eigenvalue weighted by Crippen LogP contribution is 2.20. The molecule has 1 aliphatic rings. The molecule has 1 N–H and O–H groups in total. The Labute approximate surface area is 127 Å². The summed E-state index contributed by atoms with van der Waals surface area (Å²) in [5.74, 6) is -0.372. The molecule has 6 heteroatoms. The molecular formula is C15H29N3O3. The Morgan fingerprint density at radius 1 is 1.29 bits per heavy atom. The summed E-state index contributed by atoms with van der Waals surface area (Å²) in [6.45, 7) is 13.3. The van der Waals surface area contributed by atoms with Crippen LogP contribution in [0.5, 0.6) is 0 Å². The normalized spacial score (nSPS) is 16.9. The molecule has 0 aromatic heterocycles. The van der Waals surface area contributed by atoms with E-state index in [9.17, 15) is 9.59 Å². The summed E-state index contributed by atoms with van der Waals surface area (Å²) in [5, 5.41) is 3.29. The van der Waals surface area contributed by atoms with E-state index >= 15 is 0 Å². The number of nitrogens with zero attached hydrogens (tertiary/aromatic N) is 2. The minimum Gasteiger partial charge on any atom is -0.465 e. The van der Waals surface area contributed by atoms with Gasteiger partial charge in [0.25, 0.3) is 0 Å². The second-order valence-corrected chi connectivity index (χ2v) is 6.13. The van der Waals surface area contributed by atoms with Gasteiger partial charge in [0.2, 0.25) is 5.91 Å². The number of hydrogen-bond acceptors (Lipinski definition) is 5. The third-order valence-corrected chi connectivity index (χ3v) is 3.92. The second kappa shape index (κ2) is 7.75. The molecule has 0 atom stereocenters. The monoisotopic (exact) mass is 299 g/mol. The van der Waals surface area contributed by atoms with E-state index in [1.807, 2.05) is 27.7 Å². The number of piperazine rings is 1. The molecule has 1 fully saturated rings. The number of carbonyl (C=O) groups is 2. The zero-order chi connectivity index (χ0) is 16.0. The van der Waals surface area contributed by atoms with Crippen LogP contribution in [-0.2, 0) is 14.3 Å². The van der Waals surface area contributed by atoms with Crippen molar-refractivity contribution in [1.82, 2.24) is 15.1 Å². The van der Waals surface area contributed by atoms with E-state index in [2.05, 4.69) is 10.2 Å². The molecule has 6 nitrogen and oxygen atoms in total. The molecule has 1 aliphatic heterocycles. The van der Waals surface area contributed by atoms with Crippen molar-refractivity contribution in [3.05, 3.63) is 0 Å². The van der Waals surface area contributed by atoms with Crippen molar-refractivity contribution in [1.29, 1.82) is 0 Å². The molecule has 1 amide bonds. The summed E-state index contributed by atoms with van der Waals surface area (Å²) >= 11 is 0. The van der Waals surface area contributed by atoms with Crippen LogP contribution in [0, 0.1) is 0 Å². The third-order valence-electron chi connectivity index (χ3n) is 3.92. The largest absolute Gasteiger partial charge is 0.465 e. The molecule has 21 heavy (non-hydrogen) atoms. The molecule has 0 bridgehead atoms. The second-order valence-electron chi connectivity index (χ2n) is 6.13. The maximum absolute atomic E-state index is 12.9. The number of esters is 1. The number of nitrogens with one attached hydrogen (secondary N) is 1. The zero-order valence-electron chi connectivity index (χ0n) is 13.9. The van der Waals surface area contributed by atoms with E-state index in [0.717, 1.165) is 26.2 Å².